The molecule has 0 aromatic carbocycles. The Bertz CT molecular complexity index is 302. The molecular formula is C14H25IN2O2. The Labute approximate surface area is 130 Å². The van der Waals surface area contributed by atoms with E-state index in [4.69, 9.17) is 9.47 Å². The second-order valence-corrected chi connectivity index (χ2v) is 7.74. The van der Waals surface area contributed by atoms with Gasteiger partial charge in [0.05, 0.1) is 18.3 Å². The van der Waals surface area contributed by atoms with Crippen molar-refractivity contribution in [1.82, 2.24) is 8.01 Å². The normalized spacial score (nSPS) is 36.3. The predicted octanol–water partition coefficient (Wildman–Crippen LogP) is 1.93. The molecule has 5 heteroatoms. The lowest BCUT2D eigenvalue weighted by Gasteiger charge is -2.48. The minimum atomic E-state index is 0.157. The van der Waals surface area contributed by atoms with E-state index >= 15 is 0 Å². The summed E-state index contributed by atoms with van der Waals surface area (Å²) in [6.07, 6.45) is 5.42. The van der Waals surface area contributed by atoms with E-state index in [0.29, 0.717) is 6.10 Å². The Hall–Kier alpha value is 0.570. The minimum absolute atomic E-state index is 0.157. The number of halogens is 1. The molecule has 3 aliphatic rings. The van der Waals surface area contributed by atoms with Crippen LogP contribution in [0.3, 0.4) is 0 Å². The fourth-order valence-electron chi connectivity index (χ4n) is 3.65. The quantitative estimate of drug-likeness (QED) is 0.552. The molecule has 0 atom stereocenters. The van der Waals surface area contributed by atoms with Crippen LogP contribution in [0.2, 0.25) is 0 Å². The van der Waals surface area contributed by atoms with E-state index in [1.807, 2.05) is 7.11 Å². The number of morpholine rings is 1. The topological polar surface area (TPSA) is 24.9 Å². The molecule has 19 heavy (non-hydrogen) atoms. The van der Waals surface area contributed by atoms with Crippen molar-refractivity contribution >= 4 is 22.9 Å². The second-order valence-electron chi connectivity index (χ2n) is 6.37. The summed E-state index contributed by atoms with van der Waals surface area (Å²) in [5, 5.41) is 0. The van der Waals surface area contributed by atoms with E-state index in [-0.39, 0.29) is 5.60 Å². The van der Waals surface area contributed by atoms with Crippen molar-refractivity contribution in [2.75, 3.05) is 46.4 Å². The van der Waals surface area contributed by atoms with Gasteiger partial charge in [0.2, 0.25) is 0 Å². The van der Waals surface area contributed by atoms with Crippen LogP contribution in [0.1, 0.15) is 25.7 Å². The van der Waals surface area contributed by atoms with Gasteiger partial charge in [-0.1, -0.05) is 0 Å². The van der Waals surface area contributed by atoms with E-state index in [9.17, 15) is 0 Å². The fourth-order valence-corrected chi connectivity index (χ4v) is 4.13. The molecule has 2 heterocycles. The molecule has 0 radical (unpaired) electrons. The number of methoxy groups -OCH3 is 1. The smallest absolute Gasteiger partial charge is 0.0834 e. The summed E-state index contributed by atoms with van der Waals surface area (Å²) in [7, 11) is 1.84. The molecule has 2 saturated heterocycles. The first kappa shape index (κ1) is 14.5. The molecule has 0 aromatic heterocycles. The van der Waals surface area contributed by atoms with Crippen molar-refractivity contribution in [1.29, 1.82) is 0 Å². The van der Waals surface area contributed by atoms with E-state index in [1.165, 1.54) is 45.3 Å². The zero-order valence-electron chi connectivity index (χ0n) is 11.8. The number of rotatable bonds is 3. The Morgan fingerprint density at radius 1 is 1.26 bits per heavy atom. The van der Waals surface area contributed by atoms with Crippen LogP contribution in [0.5, 0.6) is 0 Å². The predicted molar refractivity (Wildman–Crippen MR) is 83.5 cm³/mol. The summed E-state index contributed by atoms with van der Waals surface area (Å²) < 4.78 is 13.9. The lowest BCUT2D eigenvalue weighted by atomic mass is 9.81. The third-order valence-corrected chi connectivity index (χ3v) is 5.95. The standard InChI is InChI=1S/C14H25IN2O2/c1-18-13-8-12(9-13)10-16-6-7-19-14(11-16)2-4-17(15)5-3-14/h12-13H,2-11H2,1H3. The van der Waals surface area contributed by atoms with Gasteiger partial charge in [-0.25, -0.2) is 3.11 Å². The van der Waals surface area contributed by atoms with Gasteiger partial charge in [-0.05, 0) is 31.6 Å². The van der Waals surface area contributed by atoms with Crippen LogP contribution in [0, 0.1) is 5.92 Å². The van der Waals surface area contributed by atoms with Gasteiger partial charge in [0, 0.05) is 62.7 Å². The maximum Gasteiger partial charge on any atom is 0.0834 e. The molecule has 0 bridgehead atoms. The molecule has 3 rings (SSSR count). The summed E-state index contributed by atoms with van der Waals surface area (Å²) in [5.74, 6) is 0.852. The maximum absolute atomic E-state index is 6.16. The van der Waals surface area contributed by atoms with Crippen LogP contribution in [0.15, 0.2) is 0 Å². The number of piperidine rings is 1. The lowest BCUT2D eigenvalue weighted by Crippen LogP contribution is -2.57. The molecule has 0 aromatic rings. The zero-order valence-corrected chi connectivity index (χ0v) is 14.0. The van der Waals surface area contributed by atoms with E-state index in [2.05, 4.69) is 30.9 Å². The third kappa shape index (κ3) is 3.43. The molecule has 1 spiro atoms. The monoisotopic (exact) mass is 380 g/mol. The lowest BCUT2D eigenvalue weighted by molar-refractivity contribution is -0.134. The average molecular weight is 380 g/mol. The highest BCUT2D eigenvalue weighted by molar-refractivity contribution is 14.1. The summed E-state index contributed by atoms with van der Waals surface area (Å²) in [6, 6.07) is 0. The van der Waals surface area contributed by atoms with Crippen LogP contribution < -0.4 is 0 Å². The molecule has 4 nitrogen and oxygen atoms in total. The van der Waals surface area contributed by atoms with Crippen molar-refractivity contribution < 1.29 is 9.47 Å². The molecule has 0 amide bonds. The van der Waals surface area contributed by atoms with E-state index in [1.54, 1.807) is 0 Å². The Morgan fingerprint density at radius 2 is 2.00 bits per heavy atom. The van der Waals surface area contributed by atoms with Crippen molar-refractivity contribution in [2.45, 2.75) is 37.4 Å². The number of ether oxygens (including phenoxy) is 2. The van der Waals surface area contributed by atoms with Crippen molar-refractivity contribution in [3.05, 3.63) is 0 Å². The molecule has 110 valence electrons. The Morgan fingerprint density at radius 3 is 2.68 bits per heavy atom. The Balaban J connectivity index is 1.48. The van der Waals surface area contributed by atoms with Crippen LogP contribution in [0.4, 0.5) is 0 Å². The summed E-state index contributed by atoms with van der Waals surface area (Å²) >= 11 is 2.43. The van der Waals surface area contributed by atoms with Crippen LogP contribution in [-0.2, 0) is 9.47 Å². The molecule has 1 saturated carbocycles. The zero-order chi connectivity index (χ0) is 13.3. The van der Waals surface area contributed by atoms with E-state index < -0.39 is 0 Å². The fraction of sp³-hybridized carbons (Fsp3) is 1.00. The number of nitrogens with zero attached hydrogens (tertiary/aromatic N) is 2. The highest BCUT2D eigenvalue weighted by Gasteiger charge is 2.40. The van der Waals surface area contributed by atoms with Gasteiger partial charge in [0.1, 0.15) is 0 Å². The first-order valence-corrected chi connectivity index (χ1v) is 8.45. The van der Waals surface area contributed by atoms with Gasteiger partial charge in [-0.15, -0.1) is 0 Å². The first-order chi connectivity index (χ1) is 9.19. The SMILES string of the molecule is COC1CC(CN2CCOC3(CCN(I)CC3)C2)C1. The van der Waals surface area contributed by atoms with Crippen LogP contribution in [0.25, 0.3) is 0 Å². The van der Waals surface area contributed by atoms with Crippen LogP contribution >= 0.6 is 22.9 Å². The molecular weight excluding hydrogens is 355 g/mol. The van der Waals surface area contributed by atoms with Gasteiger partial charge >= 0.3 is 0 Å². The van der Waals surface area contributed by atoms with Crippen LogP contribution in [-0.4, -0.2) is 66.2 Å². The largest absolute Gasteiger partial charge is 0.381 e. The summed E-state index contributed by atoms with van der Waals surface area (Å²) in [6.45, 7) is 6.77. The highest BCUT2D eigenvalue weighted by Crippen LogP contribution is 2.34. The minimum Gasteiger partial charge on any atom is -0.381 e. The molecule has 1 aliphatic carbocycles. The molecule has 3 fully saturated rings. The van der Waals surface area contributed by atoms with Crippen molar-refractivity contribution in [3.8, 4) is 0 Å². The average Bonchev–Trinajstić information content (AvgIpc) is 2.38. The van der Waals surface area contributed by atoms with Gasteiger partial charge in [0.15, 0.2) is 0 Å². The van der Waals surface area contributed by atoms with Gasteiger partial charge in [0.25, 0.3) is 0 Å². The third-order valence-electron chi connectivity index (χ3n) is 4.99. The summed E-state index contributed by atoms with van der Waals surface area (Å²) in [4.78, 5) is 2.64. The van der Waals surface area contributed by atoms with Crippen molar-refractivity contribution in [3.63, 3.8) is 0 Å². The van der Waals surface area contributed by atoms with Gasteiger partial charge in [-0.3, -0.25) is 4.90 Å². The Kier molecular flexibility index (Phi) is 4.68. The number of hydrogen-bond acceptors (Lipinski definition) is 4. The van der Waals surface area contributed by atoms with E-state index in [0.717, 1.165) is 25.6 Å². The molecule has 0 unspecified atom stereocenters. The maximum atomic E-state index is 6.16. The highest BCUT2D eigenvalue weighted by atomic mass is 127. The van der Waals surface area contributed by atoms with Gasteiger partial charge < -0.3 is 9.47 Å². The second kappa shape index (κ2) is 6.13. The van der Waals surface area contributed by atoms with Gasteiger partial charge in [-0.2, -0.15) is 0 Å². The summed E-state index contributed by atoms with van der Waals surface area (Å²) in [5.41, 5.74) is 0.157. The molecule has 0 N–H and O–H groups in total. The molecule has 2 aliphatic heterocycles. The number of hydrogen-bond donors (Lipinski definition) is 0. The van der Waals surface area contributed by atoms with Crippen molar-refractivity contribution in [2.24, 2.45) is 5.92 Å². The first-order valence-electron chi connectivity index (χ1n) is 7.49.